The van der Waals surface area contributed by atoms with Crippen LogP contribution in [0.25, 0.3) is 0 Å². The number of carbonyl (C=O) groups excluding carboxylic acids is 1. The Hall–Kier alpha value is -1.98. The van der Waals surface area contributed by atoms with Crippen LogP contribution in [0.15, 0.2) is 18.3 Å². The lowest BCUT2D eigenvalue weighted by molar-refractivity contribution is -0.155. The van der Waals surface area contributed by atoms with Crippen LogP contribution in [0.3, 0.4) is 0 Å². The van der Waals surface area contributed by atoms with Gasteiger partial charge in [0.1, 0.15) is 5.82 Å². The van der Waals surface area contributed by atoms with E-state index in [1.54, 1.807) is 6.92 Å². The summed E-state index contributed by atoms with van der Waals surface area (Å²) in [6, 6.07) is 2.37. The van der Waals surface area contributed by atoms with E-state index < -0.39 is 17.3 Å². The number of halogens is 1. The zero-order valence-corrected chi connectivity index (χ0v) is 9.55. The Balaban J connectivity index is 3.29. The number of pyridine rings is 1. The monoisotopic (exact) mass is 240 g/mol. The number of hydrogen-bond acceptors (Lipinski definition) is 3. The van der Waals surface area contributed by atoms with Gasteiger partial charge >= 0.3 is 5.97 Å². The van der Waals surface area contributed by atoms with Crippen LogP contribution in [-0.4, -0.2) is 33.9 Å². The summed E-state index contributed by atoms with van der Waals surface area (Å²) >= 11 is 0. The second-order valence-electron chi connectivity index (χ2n) is 3.63. The highest BCUT2D eigenvalue weighted by Crippen LogP contribution is 2.25. The Morgan fingerprint density at radius 3 is 2.65 bits per heavy atom. The topological polar surface area (TPSA) is 70.5 Å². The van der Waals surface area contributed by atoms with Crippen LogP contribution in [0, 0.1) is 5.82 Å². The van der Waals surface area contributed by atoms with E-state index >= 15 is 0 Å². The van der Waals surface area contributed by atoms with Gasteiger partial charge in [0, 0.05) is 6.54 Å². The van der Waals surface area contributed by atoms with Gasteiger partial charge in [-0.05, 0) is 26.0 Å². The molecule has 0 aliphatic heterocycles. The molecule has 5 nitrogen and oxygen atoms in total. The first-order valence-electron chi connectivity index (χ1n) is 5.04. The van der Waals surface area contributed by atoms with E-state index in [-0.39, 0.29) is 12.2 Å². The van der Waals surface area contributed by atoms with Crippen molar-refractivity contribution in [1.29, 1.82) is 0 Å². The zero-order valence-electron chi connectivity index (χ0n) is 9.55. The summed E-state index contributed by atoms with van der Waals surface area (Å²) in [6.07, 6.45) is 1.37. The summed E-state index contributed by atoms with van der Waals surface area (Å²) in [5.74, 6) is -1.78. The molecule has 1 aromatic rings. The first kappa shape index (κ1) is 13.1. The maximum absolute atomic E-state index is 12.7. The molecule has 0 fully saturated rings. The summed E-state index contributed by atoms with van der Waals surface area (Å²) in [5.41, 5.74) is -1.48. The standard InChI is InChI=1S/C11H13FN2O3/c1-3-14(7-15)11(2,10(16)17)9-5-4-8(12)6-13-9/h4-7H,3H2,1-2H3,(H,16,17). The lowest BCUT2D eigenvalue weighted by Gasteiger charge is -2.33. The number of carboxylic acid groups (broad SMARTS) is 1. The van der Waals surface area contributed by atoms with Gasteiger partial charge < -0.3 is 10.0 Å². The number of likely N-dealkylation sites (N-methyl/N-ethyl adjacent to an activating group) is 1. The van der Waals surface area contributed by atoms with E-state index in [0.717, 1.165) is 17.2 Å². The van der Waals surface area contributed by atoms with Crippen LogP contribution in [0.4, 0.5) is 4.39 Å². The van der Waals surface area contributed by atoms with Crippen molar-refractivity contribution < 1.29 is 19.1 Å². The largest absolute Gasteiger partial charge is 0.479 e. The van der Waals surface area contributed by atoms with Crippen LogP contribution < -0.4 is 0 Å². The molecule has 92 valence electrons. The summed E-state index contributed by atoms with van der Waals surface area (Å²) in [5, 5.41) is 9.25. The fourth-order valence-electron chi connectivity index (χ4n) is 1.54. The number of carbonyl (C=O) groups is 2. The van der Waals surface area contributed by atoms with Gasteiger partial charge in [-0.15, -0.1) is 0 Å². The molecule has 1 heterocycles. The lowest BCUT2D eigenvalue weighted by atomic mass is 9.95. The Labute approximate surface area is 97.9 Å². The normalized spacial score (nSPS) is 13.8. The molecule has 0 saturated carbocycles. The van der Waals surface area contributed by atoms with Crippen molar-refractivity contribution >= 4 is 12.4 Å². The van der Waals surface area contributed by atoms with Gasteiger partial charge in [0.25, 0.3) is 0 Å². The molecule has 0 radical (unpaired) electrons. The van der Waals surface area contributed by atoms with Crippen molar-refractivity contribution in [3.63, 3.8) is 0 Å². The van der Waals surface area contributed by atoms with Crippen LogP contribution in [0.5, 0.6) is 0 Å². The Bertz CT molecular complexity index is 421. The molecule has 1 rings (SSSR count). The highest BCUT2D eigenvalue weighted by atomic mass is 19.1. The average molecular weight is 240 g/mol. The van der Waals surface area contributed by atoms with Gasteiger partial charge in [0.2, 0.25) is 6.41 Å². The maximum atomic E-state index is 12.7. The van der Waals surface area contributed by atoms with E-state index in [4.69, 9.17) is 0 Å². The predicted molar refractivity (Wildman–Crippen MR) is 57.6 cm³/mol. The fraction of sp³-hybridized carbons (Fsp3) is 0.364. The second kappa shape index (κ2) is 4.90. The molecule has 0 spiro atoms. The first-order chi connectivity index (χ1) is 7.96. The molecular weight excluding hydrogens is 227 g/mol. The number of rotatable bonds is 5. The van der Waals surface area contributed by atoms with Crippen LogP contribution in [0.2, 0.25) is 0 Å². The molecule has 0 aliphatic carbocycles. The van der Waals surface area contributed by atoms with Gasteiger partial charge in [0.05, 0.1) is 11.9 Å². The Kier molecular flexibility index (Phi) is 3.77. The van der Waals surface area contributed by atoms with E-state index in [2.05, 4.69) is 4.98 Å². The quantitative estimate of drug-likeness (QED) is 0.779. The molecular formula is C11H13FN2O3. The van der Waals surface area contributed by atoms with E-state index in [9.17, 15) is 19.1 Å². The molecule has 0 saturated heterocycles. The third-order valence-electron chi connectivity index (χ3n) is 2.68. The minimum absolute atomic E-state index is 0.111. The molecule has 0 aromatic carbocycles. The van der Waals surface area contributed by atoms with Gasteiger partial charge in [-0.25, -0.2) is 9.18 Å². The fourth-order valence-corrected chi connectivity index (χ4v) is 1.54. The van der Waals surface area contributed by atoms with Crippen molar-refractivity contribution in [3.05, 3.63) is 29.8 Å². The van der Waals surface area contributed by atoms with Gasteiger partial charge in [0.15, 0.2) is 5.54 Å². The molecule has 1 unspecified atom stereocenters. The zero-order chi connectivity index (χ0) is 13.1. The highest BCUT2D eigenvalue weighted by molar-refractivity contribution is 5.82. The molecule has 0 bridgehead atoms. The van der Waals surface area contributed by atoms with Crippen LogP contribution in [0.1, 0.15) is 19.5 Å². The maximum Gasteiger partial charge on any atom is 0.335 e. The first-order valence-corrected chi connectivity index (χ1v) is 5.04. The van der Waals surface area contributed by atoms with Crippen LogP contribution >= 0.6 is 0 Å². The third-order valence-corrected chi connectivity index (χ3v) is 2.68. The Morgan fingerprint density at radius 1 is 1.65 bits per heavy atom. The predicted octanol–water partition coefficient (Wildman–Crippen LogP) is 0.999. The summed E-state index contributed by atoms with van der Waals surface area (Å²) in [6.45, 7) is 3.22. The Morgan fingerprint density at radius 2 is 2.29 bits per heavy atom. The van der Waals surface area contributed by atoms with Gasteiger partial charge in [-0.3, -0.25) is 9.78 Å². The second-order valence-corrected chi connectivity index (χ2v) is 3.63. The summed E-state index contributed by atoms with van der Waals surface area (Å²) < 4.78 is 12.7. The summed E-state index contributed by atoms with van der Waals surface area (Å²) in [7, 11) is 0. The number of carboxylic acids is 1. The minimum atomic E-state index is -1.59. The smallest absolute Gasteiger partial charge is 0.335 e. The molecule has 1 N–H and O–H groups in total. The third kappa shape index (κ3) is 2.25. The van der Waals surface area contributed by atoms with Crippen molar-refractivity contribution in [3.8, 4) is 0 Å². The van der Waals surface area contributed by atoms with Crippen LogP contribution in [-0.2, 0) is 15.1 Å². The molecule has 1 amide bonds. The molecule has 1 aromatic heterocycles. The van der Waals surface area contributed by atoms with E-state index in [1.807, 2.05) is 0 Å². The number of nitrogens with zero attached hydrogens (tertiary/aromatic N) is 2. The average Bonchev–Trinajstić information content (AvgIpc) is 2.30. The van der Waals surface area contributed by atoms with Crippen molar-refractivity contribution in [1.82, 2.24) is 9.88 Å². The number of aliphatic carboxylic acids is 1. The minimum Gasteiger partial charge on any atom is -0.479 e. The SMILES string of the molecule is CCN(C=O)C(C)(C(=O)O)c1ccc(F)cn1. The van der Waals surface area contributed by atoms with Crippen molar-refractivity contribution in [2.75, 3.05) is 6.54 Å². The summed E-state index contributed by atoms with van der Waals surface area (Å²) in [4.78, 5) is 27.0. The molecule has 6 heteroatoms. The molecule has 17 heavy (non-hydrogen) atoms. The van der Waals surface area contributed by atoms with Gasteiger partial charge in [-0.1, -0.05) is 0 Å². The molecule has 0 aliphatic rings. The van der Waals surface area contributed by atoms with Crippen molar-refractivity contribution in [2.45, 2.75) is 19.4 Å². The van der Waals surface area contributed by atoms with Crippen molar-refractivity contribution in [2.24, 2.45) is 0 Å². The lowest BCUT2D eigenvalue weighted by Crippen LogP contribution is -2.49. The van der Waals surface area contributed by atoms with E-state index in [1.165, 1.54) is 13.0 Å². The van der Waals surface area contributed by atoms with E-state index in [0.29, 0.717) is 6.41 Å². The van der Waals surface area contributed by atoms with Gasteiger partial charge in [-0.2, -0.15) is 0 Å². The molecule has 1 atom stereocenters. The number of aromatic nitrogens is 1. The number of hydrogen-bond donors (Lipinski definition) is 1. The number of amides is 1. The highest BCUT2D eigenvalue weighted by Gasteiger charge is 2.41.